The summed E-state index contributed by atoms with van der Waals surface area (Å²) in [5, 5.41) is 9.80. The number of phosphoric acid groups is 1. The largest absolute Gasteiger partial charge is 0.472 e. The van der Waals surface area contributed by atoms with Gasteiger partial charge in [0.1, 0.15) is 12.7 Å². The fourth-order valence-electron chi connectivity index (χ4n) is 8.04. The molecule has 12 heteroatoms. The maximum absolute atomic E-state index is 12.9. The highest BCUT2D eigenvalue weighted by Crippen LogP contribution is 2.43. The number of aliphatic hydroxyl groups excluding tert-OH is 1. The second-order valence-corrected chi connectivity index (χ2v) is 20.9. The molecule has 3 atom stereocenters. The van der Waals surface area contributed by atoms with Gasteiger partial charge in [-0.1, -0.05) is 248 Å². The van der Waals surface area contributed by atoms with Crippen LogP contribution in [0.2, 0.25) is 0 Å². The number of carbonyl (C=O) groups excluding carboxylic acids is 3. The van der Waals surface area contributed by atoms with Gasteiger partial charge in [0.25, 0.3) is 0 Å². The van der Waals surface area contributed by atoms with E-state index in [0.29, 0.717) is 25.7 Å². The lowest BCUT2D eigenvalue weighted by molar-refractivity contribution is -0.161. The maximum atomic E-state index is 12.9. The van der Waals surface area contributed by atoms with E-state index in [4.69, 9.17) is 23.3 Å². The molecule has 0 spiro atoms. The first kappa shape index (κ1) is 69.2. The second kappa shape index (κ2) is 54.4. The van der Waals surface area contributed by atoms with Crippen molar-refractivity contribution in [3.63, 3.8) is 0 Å². The number of unbranched alkanes of at least 4 members (excludes halogenated alkanes) is 27. The number of aliphatic hydroxyl groups is 1. The lowest BCUT2D eigenvalue weighted by atomic mass is 10.0. The van der Waals surface area contributed by atoms with Gasteiger partial charge in [0.05, 0.1) is 19.8 Å². The van der Waals surface area contributed by atoms with Gasteiger partial charge in [0, 0.05) is 19.3 Å². The number of esters is 3. The fraction of sp³-hybridized carbons (Fsp3) is 0.783. The number of phosphoric ester groups is 1. The Balaban J connectivity index is 4.65. The molecule has 0 amide bonds. The summed E-state index contributed by atoms with van der Waals surface area (Å²) in [4.78, 5) is 48.4. The van der Waals surface area contributed by atoms with E-state index in [1.807, 2.05) is 12.2 Å². The molecule has 0 aliphatic carbocycles. The molecule has 0 saturated heterocycles. The van der Waals surface area contributed by atoms with Crippen molar-refractivity contribution < 1.29 is 52.2 Å². The smallest absolute Gasteiger partial charge is 0.462 e. The predicted octanol–water partition coefficient (Wildman–Crippen LogP) is 17.1. The standard InChI is InChI=1S/C60H107O11P/c1-4-7-10-13-16-19-21-23-25-27-28-30-32-34-36-39-42-45-48-51-60(64)71-57(53-67-58(62)49-46-43-40-37-18-15-12-9-6-3)55-69-72(65,66)68-54-56(52-61)70-59(63)50-47-44-41-38-35-33-31-29-26-24-22-20-17-14-11-8-5-2/h8,11,17,20,24,26,31,33,38,41,56-57,61H,4-7,9-10,12-16,18-19,21-23,25,27-30,32,34-37,39-40,42-55H2,1-3H3,(H,65,66)/b11-8-,20-17-,26-24-,33-31-,41-38-. The Hall–Kier alpha value is -2.82. The van der Waals surface area contributed by atoms with Gasteiger partial charge >= 0.3 is 25.7 Å². The van der Waals surface area contributed by atoms with Crippen molar-refractivity contribution in [2.24, 2.45) is 0 Å². The van der Waals surface area contributed by atoms with Crippen molar-refractivity contribution in [1.82, 2.24) is 0 Å². The van der Waals surface area contributed by atoms with Crippen LogP contribution in [-0.4, -0.2) is 66.5 Å². The topological polar surface area (TPSA) is 155 Å². The SMILES string of the molecule is CC/C=C\C/C=C\C/C=C\C/C=C\C/C=C\CCCC(=O)OC(CO)COP(=O)(O)OCC(COC(=O)CCCCCCCCCCC)OC(=O)CCCCCCCCCCCCCCCCCCCCC. The third-order valence-corrected chi connectivity index (χ3v) is 13.4. The first-order valence-corrected chi connectivity index (χ1v) is 30.7. The molecule has 11 nitrogen and oxygen atoms in total. The summed E-state index contributed by atoms with van der Waals surface area (Å²) in [6.45, 7) is 4.48. The van der Waals surface area contributed by atoms with Gasteiger partial charge in [-0.15, -0.1) is 0 Å². The summed E-state index contributed by atoms with van der Waals surface area (Å²) in [7, 11) is -4.76. The highest BCUT2D eigenvalue weighted by atomic mass is 31.2. The summed E-state index contributed by atoms with van der Waals surface area (Å²) >= 11 is 0. The second-order valence-electron chi connectivity index (χ2n) is 19.4. The van der Waals surface area contributed by atoms with Crippen LogP contribution in [0.5, 0.6) is 0 Å². The number of allylic oxidation sites excluding steroid dienone is 10. The Morgan fingerprint density at radius 1 is 0.403 bits per heavy atom. The van der Waals surface area contributed by atoms with Gasteiger partial charge in [-0.25, -0.2) is 4.57 Å². The number of hydrogen-bond acceptors (Lipinski definition) is 10. The third-order valence-electron chi connectivity index (χ3n) is 12.5. The molecule has 0 aliphatic rings. The zero-order valence-corrected chi connectivity index (χ0v) is 47.0. The number of hydrogen-bond donors (Lipinski definition) is 2. The molecule has 3 unspecified atom stereocenters. The normalized spacial score (nSPS) is 13.8. The van der Waals surface area contributed by atoms with Crippen LogP contribution < -0.4 is 0 Å². The third kappa shape index (κ3) is 52.1. The Morgan fingerprint density at radius 2 is 0.722 bits per heavy atom. The zero-order valence-electron chi connectivity index (χ0n) is 46.1. The van der Waals surface area contributed by atoms with Gasteiger partial charge < -0.3 is 24.2 Å². The fourth-order valence-corrected chi connectivity index (χ4v) is 8.82. The van der Waals surface area contributed by atoms with E-state index < -0.39 is 57.8 Å². The van der Waals surface area contributed by atoms with Crippen molar-refractivity contribution in [2.45, 2.75) is 277 Å². The molecule has 72 heavy (non-hydrogen) atoms. The molecule has 0 heterocycles. The summed E-state index contributed by atoms with van der Waals surface area (Å²) in [5.74, 6) is -1.51. The Morgan fingerprint density at radius 3 is 1.11 bits per heavy atom. The van der Waals surface area contributed by atoms with E-state index in [-0.39, 0.29) is 25.9 Å². The molecule has 0 radical (unpaired) electrons. The van der Waals surface area contributed by atoms with Crippen LogP contribution in [-0.2, 0) is 42.2 Å². The van der Waals surface area contributed by atoms with Crippen LogP contribution in [0.15, 0.2) is 60.8 Å². The van der Waals surface area contributed by atoms with E-state index in [2.05, 4.69) is 69.4 Å². The van der Waals surface area contributed by atoms with Gasteiger partial charge in [0.2, 0.25) is 0 Å². The number of carbonyl (C=O) groups is 3. The average molecular weight is 1040 g/mol. The minimum Gasteiger partial charge on any atom is -0.462 e. The van der Waals surface area contributed by atoms with Crippen LogP contribution in [0.3, 0.4) is 0 Å². The van der Waals surface area contributed by atoms with E-state index in [9.17, 15) is 28.9 Å². The molecule has 0 rings (SSSR count). The Bertz CT molecular complexity index is 1440. The van der Waals surface area contributed by atoms with Crippen LogP contribution >= 0.6 is 7.82 Å². The number of rotatable bonds is 54. The highest BCUT2D eigenvalue weighted by Gasteiger charge is 2.28. The van der Waals surface area contributed by atoms with Gasteiger partial charge in [-0.3, -0.25) is 23.4 Å². The molecule has 2 N–H and O–H groups in total. The van der Waals surface area contributed by atoms with E-state index in [1.165, 1.54) is 128 Å². The highest BCUT2D eigenvalue weighted by molar-refractivity contribution is 7.47. The van der Waals surface area contributed by atoms with Crippen molar-refractivity contribution in [3.05, 3.63) is 60.8 Å². The lowest BCUT2D eigenvalue weighted by Gasteiger charge is -2.21. The molecule has 0 bridgehead atoms. The molecular formula is C60H107O11P. The van der Waals surface area contributed by atoms with Crippen molar-refractivity contribution >= 4 is 25.7 Å². The Labute approximate surface area is 440 Å². The van der Waals surface area contributed by atoms with Crippen LogP contribution in [0.25, 0.3) is 0 Å². The predicted molar refractivity (Wildman–Crippen MR) is 298 cm³/mol. The minimum atomic E-state index is -4.76. The molecule has 0 aromatic carbocycles. The first-order chi connectivity index (χ1) is 35.2. The Kier molecular flexibility index (Phi) is 52.3. The minimum absolute atomic E-state index is 0.0997. The lowest BCUT2D eigenvalue weighted by Crippen LogP contribution is -2.30. The van der Waals surface area contributed by atoms with Gasteiger partial charge in [-0.05, 0) is 57.8 Å². The molecule has 0 aromatic rings. The van der Waals surface area contributed by atoms with Crippen molar-refractivity contribution in [3.8, 4) is 0 Å². The van der Waals surface area contributed by atoms with E-state index >= 15 is 0 Å². The zero-order chi connectivity index (χ0) is 52.7. The quantitative estimate of drug-likeness (QED) is 0.0197. The summed E-state index contributed by atoms with van der Waals surface area (Å²) in [6, 6.07) is 0. The number of ether oxygens (including phenoxy) is 3. The molecule has 0 fully saturated rings. The molecule has 0 saturated carbocycles. The van der Waals surface area contributed by atoms with E-state index in [1.54, 1.807) is 0 Å². The first-order valence-electron chi connectivity index (χ1n) is 29.2. The summed E-state index contributed by atoms with van der Waals surface area (Å²) in [5.41, 5.74) is 0. The molecule has 418 valence electrons. The summed E-state index contributed by atoms with van der Waals surface area (Å²) in [6.07, 6.45) is 59.1. The van der Waals surface area contributed by atoms with Gasteiger partial charge in [0.15, 0.2) is 6.10 Å². The molecular weight excluding hydrogens is 928 g/mol. The van der Waals surface area contributed by atoms with Crippen molar-refractivity contribution in [1.29, 1.82) is 0 Å². The van der Waals surface area contributed by atoms with Crippen LogP contribution in [0.4, 0.5) is 0 Å². The van der Waals surface area contributed by atoms with Crippen LogP contribution in [0, 0.1) is 0 Å². The molecule has 0 aliphatic heterocycles. The van der Waals surface area contributed by atoms with Crippen molar-refractivity contribution in [2.75, 3.05) is 26.4 Å². The summed E-state index contributed by atoms with van der Waals surface area (Å²) < 4.78 is 39.4. The average Bonchev–Trinajstić information content (AvgIpc) is 3.37. The van der Waals surface area contributed by atoms with Crippen LogP contribution in [0.1, 0.15) is 265 Å². The monoisotopic (exact) mass is 1030 g/mol. The molecule has 0 aromatic heterocycles. The van der Waals surface area contributed by atoms with Gasteiger partial charge in [-0.2, -0.15) is 0 Å². The van der Waals surface area contributed by atoms with E-state index in [0.717, 1.165) is 70.6 Å². The maximum Gasteiger partial charge on any atom is 0.472 e.